The number of aromatic hydroxyl groups is 1. The van der Waals surface area contributed by atoms with Crippen LogP contribution < -0.4 is 4.74 Å². The summed E-state index contributed by atoms with van der Waals surface area (Å²) in [4.78, 5) is 37.1. The van der Waals surface area contributed by atoms with E-state index in [1.54, 1.807) is 6.92 Å². The van der Waals surface area contributed by atoms with E-state index in [1.165, 1.54) is 24.1 Å². The molecule has 1 amide bonds. The highest BCUT2D eigenvalue weighted by Gasteiger charge is 2.46. The Balaban J connectivity index is 2.29. The van der Waals surface area contributed by atoms with Gasteiger partial charge in [-0.3, -0.25) is 19.7 Å². The van der Waals surface area contributed by atoms with Gasteiger partial charge in [-0.15, -0.1) is 0 Å². The average Bonchev–Trinajstić information content (AvgIpc) is 2.98. The van der Waals surface area contributed by atoms with Crippen LogP contribution in [0.25, 0.3) is 5.76 Å². The first-order valence-corrected chi connectivity index (χ1v) is 9.30. The molecule has 31 heavy (non-hydrogen) atoms. The van der Waals surface area contributed by atoms with Crippen molar-refractivity contribution in [3.8, 4) is 11.5 Å². The molecule has 0 saturated carbocycles. The topological polar surface area (TPSA) is 130 Å². The minimum absolute atomic E-state index is 0.0658. The standard InChI is InChI=1S/C21H19FN2O7/c1-3-8-23-18(11-4-6-15(25)14(9-11)24(29)30)17(20(27)21(23)28)19(26)13-10-12(22)5-7-16(13)31-2/h4-7,9-10,18,25-26H,3,8H2,1-2H3/b19-17+. The van der Waals surface area contributed by atoms with Crippen molar-refractivity contribution >= 4 is 23.1 Å². The number of aliphatic hydroxyl groups excluding tert-OH is 1. The Morgan fingerprint density at radius 3 is 2.58 bits per heavy atom. The third kappa shape index (κ3) is 3.79. The van der Waals surface area contributed by atoms with E-state index >= 15 is 0 Å². The number of amides is 1. The molecule has 1 fully saturated rings. The van der Waals surface area contributed by atoms with Crippen LogP contribution in [0.15, 0.2) is 42.0 Å². The summed E-state index contributed by atoms with van der Waals surface area (Å²) in [7, 11) is 1.29. The molecule has 0 aromatic heterocycles. The van der Waals surface area contributed by atoms with Crippen LogP contribution in [-0.2, 0) is 9.59 Å². The average molecular weight is 430 g/mol. The van der Waals surface area contributed by atoms with E-state index in [4.69, 9.17) is 4.74 Å². The molecule has 2 aromatic carbocycles. The quantitative estimate of drug-likeness (QED) is 0.236. The van der Waals surface area contributed by atoms with Crippen molar-refractivity contribution < 1.29 is 33.9 Å². The van der Waals surface area contributed by atoms with Gasteiger partial charge in [0.2, 0.25) is 0 Å². The van der Waals surface area contributed by atoms with E-state index in [-0.39, 0.29) is 29.0 Å². The van der Waals surface area contributed by atoms with Crippen molar-refractivity contribution in [2.75, 3.05) is 13.7 Å². The second-order valence-corrected chi connectivity index (χ2v) is 6.84. The third-order valence-electron chi connectivity index (χ3n) is 4.93. The number of benzene rings is 2. The lowest BCUT2D eigenvalue weighted by molar-refractivity contribution is -0.385. The number of halogens is 1. The summed E-state index contributed by atoms with van der Waals surface area (Å²) in [5.41, 5.74) is -0.991. The Hall–Kier alpha value is -3.95. The van der Waals surface area contributed by atoms with Gasteiger partial charge in [-0.2, -0.15) is 0 Å². The predicted molar refractivity (Wildman–Crippen MR) is 107 cm³/mol. The van der Waals surface area contributed by atoms with Gasteiger partial charge in [0.1, 0.15) is 17.3 Å². The van der Waals surface area contributed by atoms with Crippen LogP contribution in [-0.4, -0.2) is 45.4 Å². The maximum atomic E-state index is 13.9. The minimum Gasteiger partial charge on any atom is -0.507 e. The summed E-state index contributed by atoms with van der Waals surface area (Å²) in [6.07, 6.45) is 0.465. The molecule has 162 valence electrons. The van der Waals surface area contributed by atoms with E-state index in [0.29, 0.717) is 6.42 Å². The van der Waals surface area contributed by atoms with Gasteiger partial charge >= 0.3 is 5.69 Å². The summed E-state index contributed by atoms with van der Waals surface area (Å²) < 4.78 is 19.0. The summed E-state index contributed by atoms with van der Waals surface area (Å²) in [6.45, 7) is 1.90. The highest BCUT2D eigenvalue weighted by molar-refractivity contribution is 6.46. The number of carbonyl (C=O) groups excluding carboxylic acids is 2. The molecule has 9 nitrogen and oxygen atoms in total. The number of Topliss-reactive ketones (excluding diaryl/α,β-unsaturated/α-hetero) is 1. The Labute approximate surface area is 176 Å². The number of ketones is 1. The summed E-state index contributed by atoms with van der Waals surface area (Å²) in [5, 5.41) is 32.0. The highest BCUT2D eigenvalue weighted by atomic mass is 19.1. The van der Waals surface area contributed by atoms with Crippen molar-refractivity contribution in [3.05, 3.63) is 69.0 Å². The lowest BCUT2D eigenvalue weighted by Gasteiger charge is -2.25. The summed E-state index contributed by atoms with van der Waals surface area (Å²) >= 11 is 0. The number of hydrogen-bond donors (Lipinski definition) is 2. The van der Waals surface area contributed by atoms with Crippen molar-refractivity contribution in [1.82, 2.24) is 4.90 Å². The zero-order valence-corrected chi connectivity index (χ0v) is 16.7. The van der Waals surface area contributed by atoms with Gasteiger partial charge in [0, 0.05) is 12.6 Å². The van der Waals surface area contributed by atoms with Crippen LogP contribution in [0.1, 0.15) is 30.5 Å². The van der Waals surface area contributed by atoms with E-state index < -0.39 is 45.7 Å². The molecule has 10 heteroatoms. The highest BCUT2D eigenvalue weighted by Crippen LogP contribution is 2.42. The first kappa shape index (κ1) is 21.8. The molecule has 1 aliphatic heterocycles. The van der Waals surface area contributed by atoms with Gasteiger partial charge in [-0.25, -0.2) is 4.39 Å². The van der Waals surface area contributed by atoms with Crippen molar-refractivity contribution in [1.29, 1.82) is 0 Å². The molecule has 2 N–H and O–H groups in total. The fraction of sp³-hybridized carbons (Fsp3) is 0.238. The minimum atomic E-state index is -1.17. The zero-order chi connectivity index (χ0) is 22.9. The number of hydrogen-bond acceptors (Lipinski definition) is 7. The zero-order valence-electron chi connectivity index (χ0n) is 16.7. The van der Waals surface area contributed by atoms with Gasteiger partial charge < -0.3 is 19.8 Å². The molecule has 3 rings (SSSR count). The van der Waals surface area contributed by atoms with Crippen molar-refractivity contribution in [3.63, 3.8) is 0 Å². The number of rotatable bonds is 6. The Morgan fingerprint density at radius 2 is 1.97 bits per heavy atom. The second-order valence-electron chi connectivity index (χ2n) is 6.84. The third-order valence-corrected chi connectivity index (χ3v) is 4.93. The predicted octanol–water partition coefficient (Wildman–Crippen LogP) is 3.28. The number of aliphatic hydroxyl groups is 1. The summed E-state index contributed by atoms with van der Waals surface area (Å²) in [6, 6.07) is 5.56. The maximum absolute atomic E-state index is 13.9. The molecule has 0 bridgehead atoms. The molecule has 1 saturated heterocycles. The number of phenols is 1. The number of methoxy groups -OCH3 is 1. The summed E-state index contributed by atoms with van der Waals surface area (Å²) in [5.74, 6) is -3.82. The normalized spacial score (nSPS) is 17.8. The number of likely N-dealkylation sites (tertiary alicyclic amines) is 1. The fourth-order valence-electron chi connectivity index (χ4n) is 3.57. The van der Waals surface area contributed by atoms with Gasteiger partial charge in [-0.1, -0.05) is 13.0 Å². The maximum Gasteiger partial charge on any atom is 0.311 e. The molecule has 0 radical (unpaired) electrons. The van der Waals surface area contributed by atoms with Crippen molar-refractivity contribution in [2.45, 2.75) is 19.4 Å². The van der Waals surface area contributed by atoms with Crippen LogP contribution >= 0.6 is 0 Å². The van der Waals surface area contributed by atoms with Crippen LogP contribution in [0, 0.1) is 15.9 Å². The molecule has 0 aliphatic carbocycles. The lowest BCUT2D eigenvalue weighted by Crippen LogP contribution is -2.30. The number of carbonyl (C=O) groups is 2. The molecular weight excluding hydrogens is 411 g/mol. The Kier molecular flexibility index (Phi) is 5.91. The first-order valence-electron chi connectivity index (χ1n) is 9.30. The van der Waals surface area contributed by atoms with Gasteiger partial charge in [0.15, 0.2) is 5.75 Å². The molecule has 2 aromatic rings. The van der Waals surface area contributed by atoms with E-state index in [2.05, 4.69) is 0 Å². The molecule has 1 unspecified atom stereocenters. The van der Waals surface area contributed by atoms with Gasteiger partial charge in [-0.05, 0) is 36.2 Å². The largest absolute Gasteiger partial charge is 0.507 e. The van der Waals surface area contributed by atoms with Crippen molar-refractivity contribution in [2.24, 2.45) is 0 Å². The smallest absolute Gasteiger partial charge is 0.311 e. The number of phenolic OH excluding ortho intramolecular Hbond substituents is 1. The van der Waals surface area contributed by atoms with Gasteiger partial charge in [0.05, 0.1) is 29.2 Å². The van der Waals surface area contributed by atoms with E-state index in [1.807, 2.05) is 0 Å². The lowest BCUT2D eigenvalue weighted by atomic mass is 9.94. The van der Waals surface area contributed by atoms with Crippen LogP contribution in [0.2, 0.25) is 0 Å². The monoisotopic (exact) mass is 430 g/mol. The molecule has 1 heterocycles. The van der Waals surface area contributed by atoms with Crippen LogP contribution in [0.3, 0.4) is 0 Å². The molecule has 1 aliphatic rings. The molecular formula is C21H19FN2O7. The number of nitrogens with zero attached hydrogens (tertiary/aromatic N) is 2. The fourth-order valence-corrected chi connectivity index (χ4v) is 3.57. The van der Waals surface area contributed by atoms with E-state index in [9.17, 15) is 34.3 Å². The Morgan fingerprint density at radius 1 is 1.26 bits per heavy atom. The number of ether oxygens (including phenoxy) is 1. The second kappa shape index (κ2) is 8.42. The molecule has 1 atom stereocenters. The number of nitro groups is 1. The SMILES string of the molecule is CCCN1C(=O)C(=O)/C(=C(/O)c2cc(F)ccc2OC)C1c1ccc(O)c([N+](=O)[O-])c1. The van der Waals surface area contributed by atoms with Crippen LogP contribution in [0.5, 0.6) is 11.5 Å². The Bertz CT molecular complexity index is 1110. The van der Waals surface area contributed by atoms with E-state index in [0.717, 1.165) is 24.3 Å². The first-order chi connectivity index (χ1) is 14.7. The number of nitro benzene ring substituents is 1. The van der Waals surface area contributed by atoms with Gasteiger partial charge in [0.25, 0.3) is 11.7 Å². The van der Waals surface area contributed by atoms with Crippen LogP contribution in [0.4, 0.5) is 10.1 Å². The molecule has 0 spiro atoms.